The van der Waals surface area contributed by atoms with Gasteiger partial charge in [-0.1, -0.05) is 18.2 Å². The van der Waals surface area contributed by atoms with Crippen molar-refractivity contribution in [3.8, 4) is 0 Å². The minimum absolute atomic E-state index is 0.411. The first-order chi connectivity index (χ1) is 9.16. The third kappa shape index (κ3) is 2.19. The van der Waals surface area contributed by atoms with Gasteiger partial charge in [-0.15, -0.1) is 11.3 Å². The normalized spacial score (nSPS) is 11.0. The Morgan fingerprint density at radius 3 is 2.89 bits per heavy atom. The summed E-state index contributed by atoms with van der Waals surface area (Å²) in [5, 5.41) is 12.1. The number of carboxylic acid groups (broad SMARTS) is 1. The number of thiophene rings is 1. The predicted octanol–water partition coefficient (Wildman–Crippen LogP) is 4.21. The van der Waals surface area contributed by atoms with Gasteiger partial charge in [-0.3, -0.25) is 0 Å². The van der Waals surface area contributed by atoms with Gasteiger partial charge in [0.05, 0.1) is 0 Å². The van der Waals surface area contributed by atoms with E-state index in [0.29, 0.717) is 11.4 Å². The fourth-order valence-electron chi connectivity index (χ4n) is 2.16. The van der Waals surface area contributed by atoms with Crippen molar-refractivity contribution in [1.29, 1.82) is 0 Å². The Morgan fingerprint density at radius 1 is 1.32 bits per heavy atom. The lowest BCUT2D eigenvalue weighted by molar-refractivity contribution is 0.0701. The zero-order valence-corrected chi connectivity index (χ0v) is 12.2. The van der Waals surface area contributed by atoms with Crippen molar-refractivity contribution in [2.75, 3.05) is 0 Å². The molecule has 0 saturated carbocycles. The van der Waals surface area contributed by atoms with Crippen molar-refractivity contribution >= 4 is 44.1 Å². The Bertz CT molecular complexity index is 760. The first kappa shape index (κ1) is 12.4. The summed E-state index contributed by atoms with van der Waals surface area (Å²) in [6.45, 7) is 0.567. The Balaban J connectivity index is 2.06. The second kappa shape index (κ2) is 4.83. The van der Waals surface area contributed by atoms with Gasteiger partial charge < -0.3 is 9.67 Å². The van der Waals surface area contributed by atoms with Gasteiger partial charge in [-0.05, 0) is 39.0 Å². The largest absolute Gasteiger partial charge is 0.477 e. The van der Waals surface area contributed by atoms with Crippen LogP contribution in [0.25, 0.3) is 10.9 Å². The summed E-state index contributed by atoms with van der Waals surface area (Å²) in [7, 11) is 0. The van der Waals surface area contributed by atoms with Gasteiger partial charge in [-0.2, -0.15) is 0 Å². The Kier molecular flexibility index (Phi) is 3.16. The van der Waals surface area contributed by atoms with Crippen LogP contribution in [0.1, 0.15) is 15.2 Å². The molecule has 0 saturated heterocycles. The lowest BCUT2D eigenvalue weighted by atomic mass is 10.2. The number of halogens is 1. The summed E-state index contributed by atoms with van der Waals surface area (Å²) in [6.07, 6.45) is 1.99. The van der Waals surface area contributed by atoms with E-state index in [1.54, 1.807) is 0 Å². The van der Waals surface area contributed by atoms with Crippen molar-refractivity contribution in [2.24, 2.45) is 0 Å². The van der Waals surface area contributed by atoms with E-state index in [-0.39, 0.29) is 0 Å². The number of rotatable bonds is 3. The van der Waals surface area contributed by atoms with Crippen molar-refractivity contribution in [3.05, 3.63) is 56.8 Å². The van der Waals surface area contributed by atoms with Crippen molar-refractivity contribution in [2.45, 2.75) is 6.54 Å². The van der Waals surface area contributed by atoms with Crippen molar-refractivity contribution < 1.29 is 9.90 Å². The first-order valence-electron chi connectivity index (χ1n) is 5.70. The topological polar surface area (TPSA) is 42.2 Å². The molecule has 2 aromatic heterocycles. The van der Waals surface area contributed by atoms with Gasteiger partial charge in [0.1, 0.15) is 4.88 Å². The van der Waals surface area contributed by atoms with Gasteiger partial charge in [0.2, 0.25) is 0 Å². The zero-order chi connectivity index (χ0) is 13.4. The molecule has 5 heteroatoms. The number of aromatic nitrogens is 1. The molecule has 0 spiro atoms. The van der Waals surface area contributed by atoms with Gasteiger partial charge in [0.15, 0.2) is 0 Å². The molecule has 0 bridgehead atoms. The number of fused-ring (bicyclic) bond motifs is 1. The highest BCUT2D eigenvalue weighted by Gasteiger charge is 2.13. The van der Waals surface area contributed by atoms with Crippen LogP contribution in [0.4, 0.5) is 0 Å². The van der Waals surface area contributed by atoms with Crippen LogP contribution in [0.15, 0.2) is 46.4 Å². The van der Waals surface area contributed by atoms with Gasteiger partial charge in [-0.25, -0.2) is 4.79 Å². The number of nitrogens with zero attached hydrogens (tertiary/aromatic N) is 1. The highest BCUT2D eigenvalue weighted by molar-refractivity contribution is 9.10. The second-order valence-corrected chi connectivity index (χ2v) is 5.97. The third-order valence-electron chi connectivity index (χ3n) is 3.02. The highest BCUT2D eigenvalue weighted by atomic mass is 79.9. The molecule has 3 nitrogen and oxygen atoms in total. The minimum Gasteiger partial charge on any atom is -0.477 e. The summed E-state index contributed by atoms with van der Waals surface area (Å²) in [4.78, 5) is 11.5. The van der Waals surface area contributed by atoms with E-state index in [2.05, 4.69) is 20.5 Å². The fourth-order valence-corrected chi connectivity index (χ4v) is 3.50. The molecule has 0 amide bonds. The number of carbonyl (C=O) groups is 1. The van der Waals surface area contributed by atoms with Crippen LogP contribution in [0, 0.1) is 0 Å². The standard InChI is InChI=1S/C14H10BrNO2S/c15-11-8-16(12-4-2-1-3-10(11)12)7-9-5-6-19-13(9)14(17)18/h1-6,8H,7H2,(H,17,18). The predicted molar refractivity (Wildman–Crippen MR) is 80.0 cm³/mol. The molecule has 1 N–H and O–H groups in total. The molecule has 0 atom stereocenters. The summed E-state index contributed by atoms with van der Waals surface area (Å²) in [5.41, 5.74) is 1.93. The highest BCUT2D eigenvalue weighted by Crippen LogP contribution is 2.27. The molecule has 3 aromatic rings. The third-order valence-corrected chi connectivity index (χ3v) is 4.60. The van der Waals surface area contributed by atoms with E-state index in [1.807, 2.05) is 41.9 Å². The fraction of sp³-hybridized carbons (Fsp3) is 0.0714. The Hall–Kier alpha value is -1.59. The van der Waals surface area contributed by atoms with E-state index in [1.165, 1.54) is 11.3 Å². The quantitative estimate of drug-likeness (QED) is 0.778. The first-order valence-corrected chi connectivity index (χ1v) is 7.37. The van der Waals surface area contributed by atoms with Gasteiger partial charge >= 0.3 is 5.97 Å². The molecule has 1 aromatic carbocycles. The summed E-state index contributed by atoms with van der Waals surface area (Å²) >= 11 is 4.80. The molecular weight excluding hydrogens is 326 g/mol. The molecule has 19 heavy (non-hydrogen) atoms. The second-order valence-electron chi connectivity index (χ2n) is 4.20. The number of hydrogen-bond donors (Lipinski definition) is 1. The monoisotopic (exact) mass is 335 g/mol. The van der Waals surface area contributed by atoms with E-state index < -0.39 is 5.97 Å². The number of carboxylic acids is 1. The van der Waals surface area contributed by atoms with Crippen LogP contribution in [0.5, 0.6) is 0 Å². The molecule has 96 valence electrons. The molecule has 0 aliphatic rings. The van der Waals surface area contributed by atoms with Crippen LogP contribution < -0.4 is 0 Å². The maximum atomic E-state index is 11.1. The summed E-state index contributed by atoms with van der Waals surface area (Å²) in [5.74, 6) is -0.861. The van der Waals surface area contributed by atoms with Crippen molar-refractivity contribution in [1.82, 2.24) is 4.57 Å². The van der Waals surface area contributed by atoms with Crippen LogP contribution in [-0.4, -0.2) is 15.6 Å². The van der Waals surface area contributed by atoms with E-state index in [0.717, 1.165) is 20.9 Å². The minimum atomic E-state index is -0.861. The molecule has 0 fully saturated rings. The van der Waals surface area contributed by atoms with Crippen LogP contribution in [0.3, 0.4) is 0 Å². The average Bonchev–Trinajstić information content (AvgIpc) is 2.97. The van der Waals surface area contributed by atoms with Gasteiger partial charge in [0.25, 0.3) is 0 Å². The van der Waals surface area contributed by atoms with Crippen LogP contribution in [0.2, 0.25) is 0 Å². The smallest absolute Gasteiger partial charge is 0.346 e. The maximum absolute atomic E-state index is 11.1. The average molecular weight is 336 g/mol. The molecule has 0 aliphatic carbocycles. The maximum Gasteiger partial charge on any atom is 0.346 e. The van der Waals surface area contributed by atoms with E-state index in [9.17, 15) is 4.79 Å². The number of hydrogen-bond acceptors (Lipinski definition) is 2. The van der Waals surface area contributed by atoms with Crippen LogP contribution >= 0.6 is 27.3 Å². The number of benzene rings is 1. The molecule has 0 unspecified atom stereocenters. The Labute approximate surface area is 122 Å². The van der Waals surface area contributed by atoms with Gasteiger partial charge in [0, 0.05) is 28.1 Å². The zero-order valence-electron chi connectivity index (χ0n) is 9.84. The lowest BCUT2D eigenvalue weighted by Crippen LogP contribution is -2.03. The van der Waals surface area contributed by atoms with E-state index >= 15 is 0 Å². The van der Waals surface area contributed by atoms with Crippen molar-refractivity contribution in [3.63, 3.8) is 0 Å². The summed E-state index contributed by atoms with van der Waals surface area (Å²) < 4.78 is 3.09. The molecule has 3 rings (SSSR count). The molecule has 2 heterocycles. The Morgan fingerprint density at radius 2 is 2.11 bits per heavy atom. The van der Waals surface area contributed by atoms with Crippen LogP contribution in [-0.2, 0) is 6.54 Å². The number of para-hydroxylation sites is 1. The summed E-state index contributed by atoms with van der Waals surface area (Å²) in [6, 6.07) is 9.92. The lowest BCUT2D eigenvalue weighted by Gasteiger charge is -2.04. The number of aromatic carboxylic acids is 1. The van der Waals surface area contributed by atoms with E-state index in [4.69, 9.17) is 5.11 Å². The molecule has 0 radical (unpaired) electrons. The SMILES string of the molecule is O=C(O)c1sccc1Cn1cc(Br)c2ccccc21. The molecular formula is C14H10BrNO2S. The molecule has 0 aliphatic heterocycles.